The minimum Gasteiger partial charge on any atom is -0.353 e. The van der Waals surface area contributed by atoms with Crippen LogP contribution in [0.4, 0.5) is 0 Å². The lowest BCUT2D eigenvalue weighted by Crippen LogP contribution is -2.52. The highest BCUT2D eigenvalue weighted by Gasteiger charge is 2.29. The minimum absolute atomic E-state index is 0.195. The molecule has 2 N–H and O–H groups in total. The third-order valence-corrected chi connectivity index (χ3v) is 5.75. The normalized spacial score (nSPS) is 30.3. The van der Waals surface area contributed by atoms with E-state index >= 15 is 0 Å². The summed E-state index contributed by atoms with van der Waals surface area (Å²) >= 11 is 0. The summed E-state index contributed by atoms with van der Waals surface area (Å²) in [7, 11) is 2.22. The van der Waals surface area contributed by atoms with Crippen molar-refractivity contribution in [2.45, 2.75) is 50.6 Å². The maximum absolute atomic E-state index is 12.3. The largest absolute Gasteiger partial charge is 0.353 e. The zero-order chi connectivity index (χ0) is 15.4. The molecule has 0 spiro atoms. The highest BCUT2D eigenvalue weighted by Crippen LogP contribution is 2.21. The first-order valence-electron chi connectivity index (χ1n) is 9.16. The standard InChI is InChI=1S/C17H32N4O/c1-20-9-6-16(7-10-20)21-11-4-15(5-12-21)19-17(22)14-3-2-8-18-13-14/h14-16,18H,2-13H2,1H3,(H,19,22). The van der Waals surface area contributed by atoms with Crippen molar-refractivity contribution in [1.82, 2.24) is 20.4 Å². The number of hydrogen-bond donors (Lipinski definition) is 2. The van der Waals surface area contributed by atoms with Gasteiger partial charge in [0.1, 0.15) is 0 Å². The molecule has 5 heteroatoms. The Morgan fingerprint density at radius 1 is 1.05 bits per heavy atom. The van der Waals surface area contributed by atoms with Gasteiger partial charge in [-0.3, -0.25) is 4.79 Å². The molecule has 5 nitrogen and oxygen atoms in total. The molecule has 3 fully saturated rings. The lowest BCUT2D eigenvalue weighted by atomic mass is 9.95. The summed E-state index contributed by atoms with van der Waals surface area (Å²) in [6.07, 6.45) is 7.04. The third kappa shape index (κ3) is 4.21. The molecule has 1 amide bonds. The number of carbonyl (C=O) groups is 1. The van der Waals surface area contributed by atoms with E-state index in [-0.39, 0.29) is 11.8 Å². The second-order valence-electron chi connectivity index (χ2n) is 7.40. The molecule has 0 saturated carbocycles. The lowest BCUT2D eigenvalue weighted by molar-refractivity contribution is -0.126. The lowest BCUT2D eigenvalue weighted by Gasteiger charge is -2.41. The first kappa shape index (κ1) is 16.2. The molecule has 126 valence electrons. The third-order valence-electron chi connectivity index (χ3n) is 5.75. The van der Waals surface area contributed by atoms with E-state index in [0.29, 0.717) is 6.04 Å². The molecular formula is C17H32N4O. The molecule has 3 aliphatic rings. The van der Waals surface area contributed by atoms with Gasteiger partial charge in [-0.1, -0.05) is 0 Å². The first-order valence-corrected chi connectivity index (χ1v) is 9.16. The maximum Gasteiger partial charge on any atom is 0.224 e. The number of rotatable bonds is 3. The fraction of sp³-hybridized carbons (Fsp3) is 0.941. The Bertz CT molecular complexity index is 354. The summed E-state index contributed by atoms with van der Waals surface area (Å²) in [5, 5.41) is 6.64. The van der Waals surface area contributed by atoms with Gasteiger partial charge in [0, 0.05) is 31.7 Å². The van der Waals surface area contributed by atoms with Gasteiger partial charge in [0.15, 0.2) is 0 Å². The molecule has 3 aliphatic heterocycles. The highest BCUT2D eigenvalue weighted by atomic mass is 16.2. The molecule has 3 heterocycles. The molecule has 22 heavy (non-hydrogen) atoms. The Morgan fingerprint density at radius 3 is 2.41 bits per heavy atom. The van der Waals surface area contributed by atoms with Crippen LogP contribution in [-0.2, 0) is 4.79 Å². The summed E-state index contributed by atoms with van der Waals surface area (Å²) in [6, 6.07) is 1.17. The number of amides is 1. The molecule has 0 aromatic carbocycles. The van der Waals surface area contributed by atoms with E-state index in [2.05, 4.69) is 27.5 Å². The molecule has 0 aromatic rings. The average Bonchev–Trinajstić information content (AvgIpc) is 2.57. The second kappa shape index (κ2) is 7.75. The number of hydrogen-bond acceptors (Lipinski definition) is 4. The molecule has 0 aromatic heterocycles. The predicted octanol–water partition coefficient (Wildman–Crippen LogP) is 0.661. The molecule has 0 bridgehead atoms. The summed E-state index contributed by atoms with van der Waals surface area (Å²) in [6.45, 7) is 6.70. The Morgan fingerprint density at radius 2 is 1.77 bits per heavy atom. The first-order chi connectivity index (χ1) is 10.7. The van der Waals surface area contributed by atoms with Gasteiger partial charge >= 0.3 is 0 Å². The number of likely N-dealkylation sites (tertiary alicyclic amines) is 2. The van der Waals surface area contributed by atoms with E-state index in [1.54, 1.807) is 0 Å². The monoisotopic (exact) mass is 308 g/mol. The zero-order valence-corrected chi connectivity index (χ0v) is 14.0. The van der Waals surface area contributed by atoms with Crippen LogP contribution in [0.2, 0.25) is 0 Å². The van der Waals surface area contributed by atoms with Crippen LogP contribution in [0.5, 0.6) is 0 Å². The highest BCUT2D eigenvalue weighted by molar-refractivity contribution is 5.79. The van der Waals surface area contributed by atoms with Gasteiger partial charge in [-0.15, -0.1) is 0 Å². The fourth-order valence-corrected chi connectivity index (χ4v) is 4.16. The Balaban J connectivity index is 1.39. The van der Waals surface area contributed by atoms with Crippen LogP contribution in [-0.4, -0.2) is 74.1 Å². The number of piperidine rings is 3. The van der Waals surface area contributed by atoms with Crippen molar-refractivity contribution in [3.63, 3.8) is 0 Å². The Labute approximate surface area is 134 Å². The summed E-state index contributed by atoms with van der Waals surface area (Å²) in [5.41, 5.74) is 0. The van der Waals surface area contributed by atoms with Crippen LogP contribution < -0.4 is 10.6 Å². The van der Waals surface area contributed by atoms with Crippen LogP contribution in [0.25, 0.3) is 0 Å². The molecule has 1 atom stereocenters. The second-order valence-corrected chi connectivity index (χ2v) is 7.40. The van der Waals surface area contributed by atoms with Gasteiger partial charge in [0.2, 0.25) is 5.91 Å². The van der Waals surface area contributed by atoms with Crippen LogP contribution in [0.3, 0.4) is 0 Å². The van der Waals surface area contributed by atoms with Crippen molar-refractivity contribution in [3.05, 3.63) is 0 Å². The van der Waals surface area contributed by atoms with Gasteiger partial charge in [-0.25, -0.2) is 0 Å². The molecule has 3 rings (SSSR count). The molecule has 1 unspecified atom stereocenters. The Kier molecular flexibility index (Phi) is 5.71. The van der Waals surface area contributed by atoms with Crippen molar-refractivity contribution in [2.24, 2.45) is 5.92 Å². The van der Waals surface area contributed by atoms with Gasteiger partial charge in [-0.05, 0) is 65.2 Å². The Hall–Kier alpha value is -0.650. The average molecular weight is 308 g/mol. The number of nitrogens with zero attached hydrogens (tertiary/aromatic N) is 2. The van der Waals surface area contributed by atoms with Crippen LogP contribution in [0, 0.1) is 5.92 Å². The van der Waals surface area contributed by atoms with Crippen LogP contribution >= 0.6 is 0 Å². The van der Waals surface area contributed by atoms with Gasteiger partial charge in [0.05, 0.1) is 5.92 Å². The van der Waals surface area contributed by atoms with Crippen molar-refractivity contribution in [1.29, 1.82) is 0 Å². The van der Waals surface area contributed by atoms with Gasteiger partial charge in [-0.2, -0.15) is 0 Å². The van der Waals surface area contributed by atoms with Crippen molar-refractivity contribution < 1.29 is 4.79 Å². The topological polar surface area (TPSA) is 47.6 Å². The number of carbonyl (C=O) groups excluding carboxylic acids is 1. The maximum atomic E-state index is 12.3. The summed E-state index contributed by atoms with van der Waals surface area (Å²) < 4.78 is 0. The quantitative estimate of drug-likeness (QED) is 0.804. The zero-order valence-electron chi connectivity index (χ0n) is 14.0. The molecule has 3 saturated heterocycles. The minimum atomic E-state index is 0.195. The number of nitrogens with one attached hydrogen (secondary N) is 2. The van der Waals surface area contributed by atoms with Crippen molar-refractivity contribution in [2.75, 3.05) is 46.3 Å². The van der Waals surface area contributed by atoms with Gasteiger partial charge < -0.3 is 20.4 Å². The predicted molar refractivity (Wildman–Crippen MR) is 88.9 cm³/mol. The summed E-state index contributed by atoms with van der Waals surface area (Å²) in [5.74, 6) is 0.477. The fourth-order valence-electron chi connectivity index (χ4n) is 4.16. The van der Waals surface area contributed by atoms with Crippen molar-refractivity contribution >= 4 is 5.91 Å². The van der Waals surface area contributed by atoms with E-state index in [1.807, 2.05) is 0 Å². The van der Waals surface area contributed by atoms with Crippen LogP contribution in [0.1, 0.15) is 38.5 Å². The van der Waals surface area contributed by atoms with E-state index in [4.69, 9.17) is 0 Å². The molecular weight excluding hydrogens is 276 g/mol. The summed E-state index contributed by atoms with van der Waals surface area (Å²) in [4.78, 5) is 17.4. The SMILES string of the molecule is CN1CCC(N2CCC(NC(=O)C3CCCNC3)CC2)CC1. The molecule has 0 radical (unpaired) electrons. The van der Waals surface area contributed by atoms with Gasteiger partial charge in [0.25, 0.3) is 0 Å². The van der Waals surface area contributed by atoms with E-state index in [1.165, 1.54) is 25.9 Å². The van der Waals surface area contributed by atoms with E-state index < -0.39 is 0 Å². The van der Waals surface area contributed by atoms with E-state index in [0.717, 1.165) is 57.9 Å². The molecule has 0 aliphatic carbocycles. The van der Waals surface area contributed by atoms with Crippen LogP contribution in [0.15, 0.2) is 0 Å². The van der Waals surface area contributed by atoms with E-state index in [9.17, 15) is 4.79 Å². The van der Waals surface area contributed by atoms with Crippen molar-refractivity contribution in [3.8, 4) is 0 Å². The smallest absolute Gasteiger partial charge is 0.224 e.